The average Bonchev–Trinajstić information content (AvgIpc) is 2.54. The van der Waals surface area contributed by atoms with Crippen molar-refractivity contribution >= 4 is 5.97 Å². The molecule has 0 bridgehead atoms. The number of benzene rings is 2. The molecule has 2 aromatic carbocycles. The van der Waals surface area contributed by atoms with Gasteiger partial charge in [0.1, 0.15) is 18.4 Å². The van der Waals surface area contributed by atoms with Gasteiger partial charge in [-0.1, -0.05) is 49.4 Å². The molecule has 0 fully saturated rings. The molecule has 4 nitrogen and oxygen atoms in total. The number of likely N-dealkylation sites (N-methyl/N-ethyl adjacent to an activating group) is 1. The molecule has 0 aromatic heterocycles. The van der Waals surface area contributed by atoms with Crippen LogP contribution >= 0.6 is 0 Å². The molecule has 4 heteroatoms. The Balaban J connectivity index is 1.91. The van der Waals surface area contributed by atoms with Crippen molar-refractivity contribution in [1.29, 1.82) is 0 Å². The molecule has 2 rings (SSSR count). The SMILES string of the molecule is CCN[C@@H](Cc1ccc(OCc2ccccc2)cc1)C(=O)O. The zero-order chi connectivity index (χ0) is 15.8. The molecule has 0 radical (unpaired) electrons. The van der Waals surface area contributed by atoms with Gasteiger partial charge in [0.2, 0.25) is 0 Å². The summed E-state index contributed by atoms with van der Waals surface area (Å²) >= 11 is 0. The molecule has 22 heavy (non-hydrogen) atoms. The maximum absolute atomic E-state index is 11.1. The predicted octanol–water partition coefficient (Wildman–Crippen LogP) is 2.87. The molecular formula is C18H21NO3. The third kappa shape index (κ3) is 4.90. The molecule has 2 aromatic rings. The van der Waals surface area contributed by atoms with E-state index in [1.54, 1.807) is 0 Å². The van der Waals surface area contributed by atoms with Crippen LogP contribution in [0, 0.1) is 0 Å². The van der Waals surface area contributed by atoms with Crippen molar-refractivity contribution in [2.75, 3.05) is 6.54 Å². The van der Waals surface area contributed by atoms with Crippen molar-refractivity contribution in [3.63, 3.8) is 0 Å². The summed E-state index contributed by atoms with van der Waals surface area (Å²) in [4.78, 5) is 11.1. The summed E-state index contributed by atoms with van der Waals surface area (Å²) in [5.41, 5.74) is 2.09. The van der Waals surface area contributed by atoms with Crippen LogP contribution in [-0.4, -0.2) is 23.7 Å². The molecule has 0 spiro atoms. The number of carboxylic acids is 1. The predicted molar refractivity (Wildman–Crippen MR) is 86.0 cm³/mol. The Morgan fingerprint density at radius 3 is 2.36 bits per heavy atom. The first-order chi connectivity index (χ1) is 10.7. The van der Waals surface area contributed by atoms with E-state index in [2.05, 4.69) is 5.32 Å². The summed E-state index contributed by atoms with van der Waals surface area (Å²) in [5, 5.41) is 12.1. The van der Waals surface area contributed by atoms with Gasteiger partial charge in [0.05, 0.1) is 0 Å². The first kappa shape index (κ1) is 16.0. The molecule has 1 atom stereocenters. The minimum Gasteiger partial charge on any atom is -0.489 e. The third-order valence-corrected chi connectivity index (χ3v) is 3.36. The topological polar surface area (TPSA) is 58.6 Å². The minimum absolute atomic E-state index is 0.460. The van der Waals surface area contributed by atoms with Gasteiger partial charge in [-0.05, 0) is 36.2 Å². The van der Waals surface area contributed by atoms with Gasteiger partial charge in [0.15, 0.2) is 0 Å². The number of nitrogens with one attached hydrogen (secondary N) is 1. The van der Waals surface area contributed by atoms with Gasteiger partial charge >= 0.3 is 5.97 Å². The number of aliphatic carboxylic acids is 1. The number of carbonyl (C=O) groups is 1. The number of carboxylic acid groups (broad SMARTS) is 1. The quantitative estimate of drug-likeness (QED) is 0.787. The fourth-order valence-corrected chi connectivity index (χ4v) is 2.19. The van der Waals surface area contributed by atoms with E-state index in [4.69, 9.17) is 9.84 Å². The average molecular weight is 299 g/mol. The van der Waals surface area contributed by atoms with Crippen LogP contribution < -0.4 is 10.1 Å². The van der Waals surface area contributed by atoms with Crippen molar-refractivity contribution in [2.45, 2.75) is 26.0 Å². The molecule has 0 unspecified atom stereocenters. The Kier molecular flexibility index (Phi) is 5.98. The summed E-state index contributed by atoms with van der Waals surface area (Å²) in [6, 6.07) is 17.0. The largest absolute Gasteiger partial charge is 0.489 e. The van der Waals surface area contributed by atoms with E-state index in [9.17, 15) is 4.79 Å². The first-order valence-electron chi connectivity index (χ1n) is 7.41. The van der Waals surface area contributed by atoms with Crippen LogP contribution in [0.25, 0.3) is 0 Å². The Labute approximate surface area is 130 Å². The van der Waals surface area contributed by atoms with Crippen LogP contribution in [0.2, 0.25) is 0 Å². The van der Waals surface area contributed by atoms with E-state index >= 15 is 0 Å². The number of hydrogen-bond acceptors (Lipinski definition) is 3. The van der Waals surface area contributed by atoms with Crippen LogP contribution in [0.5, 0.6) is 5.75 Å². The van der Waals surface area contributed by atoms with Gasteiger partial charge < -0.3 is 15.2 Å². The Hall–Kier alpha value is -2.33. The fourth-order valence-electron chi connectivity index (χ4n) is 2.19. The number of rotatable bonds is 8. The Bertz CT molecular complexity index is 581. The lowest BCUT2D eigenvalue weighted by Gasteiger charge is -2.13. The normalized spacial score (nSPS) is 11.9. The molecular weight excluding hydrogens is 278 g/mol. The van der Waals surface area contributed by atoms with Gasteiger partial charge in [0, 0.05) is 0 Å². The van der Waals surface area contributed by atoms with Crippen molar-refractivity contribution in [3.05, 3.63) is 65.7 Å². The second kappa shape index (κ2) is 8.20. The van der Waals surface area contributed by atoms with Crippen molar-refractivity contribution in [2.24, 2.45) is 0 Å². The van der Waals surface area contributed by atoms with E-state index in [0.29, 0.717) is 19.6 Å². The van der Waals surface area contributed by atoms with Crippen LogP contribution in [0.15, 0.2) is 54.6 Å². The Morgan fingerprint density at radius 1 is 1.09 bits per heavy atom. The van der Waals surface area contributed by atoms with E-state index in [1.165, 1.54) is 0 Å². The van der Waals surface area contributed by atoms with Gasteiger partial charge in [-0.3, -0.25) is 4.79 Å². The summed E-state index contributed by atoms with van der Waals surface area (Å²) in [6.07, 6.45) is 0.460. The highest BCUT2D eigenvalue weighted by Gasteiger charge is 2.16. The summed E-state index contributed by atoms with van der Waals surface area (Å²) < 4.78 is 5.72. The van der Waals surface area contributed by atoms with Crippen molar-refractivity contribution < 1.29 is 14.6 Å². The second-order valence-corrected chi connectivity index (χ2v) is 5.07. The maximum Gasteiger partial charge on any atom is 0.321 e. The lowest BCUT2D eigenvalue weighted by molar-refractivity contribution is -0.139. The molecule has 0 heterocycles. The molecule has 0 aliphatic carbocycles. The zero-order valence-electron chi connectivity index (χ0n) is 12.7. The molecule has 0 aliphatic heterocycles. The number of hydrogen-bond donors (Lipinski definition) is 2. The van der Waals surface area contributed by atoms with Gasteiger partial charge in [-0.15, -0.1) is 0 Å². The standard InChI is InChI=1S/C18H21NO3/c1-2-19-17(18(20)21)12-14-8-10-16(11-9-14)22-13-15-6-4-3-5-7-15/h3-11,17,19H,2,12-13H2,1H3,(H,20,21)/t17-/m0/s1. The monoisotopic (exact) mass is 299 g/mol. The lowest BCUT2D eigenvalue weighted by Crippen LogP contribution is -2.38. The molecule has 116 valence electrons. The summed E-state index contributed by atoms with van der Waals surface area (Å²) in [7, 11) is 0. The summed E-state index contributed by atoms with van der Waals surface area (Å²) in [6.45, 7) is 3.06. The second-order valence-electron chi connectivity index (χ2n) is 5.07. The van der Waals surface area contributed by atoms with Crippen LogP contribution in [0.3, 0.4) is 0 Å². The summed E-state index contributed by atoms with van der Waals surface area (Å²) in [5.74, 6) is -0.0471. The first-order valence-corrected chi connectivity index (χ1v) is 7.41. The van der Waals surface area contributed by atoms with Gasteiger partial charge in [-0.2, -0.15) is 0 Å². The van der Waals surface area contributed by atoms with Crippen LogP contribution in [0.4, 0.5) is 0 Å². The maximum atomic E-state index is 11.1. The highest BCUT2D eigenvalue weighted by atomic mass is 16.5. The third-order valence-electron chi connectivity index (χ3n) is 3.36. The lowest BCUT2D eigenvalue weighted by atomic mass is 10.1. The van der Waals surface area contributed by atoms with E-state index in [0.717, 1.165) is 16.9 Å². The molecule has 0 saturated carbocycles. The van der Waals surface area contributed by atoms with E-state index < -0.39 is 12.0 Å². The highest BCUT2D eigenvalue weighted by molar-refractivity contribution is 5.73. The van der Waals surface area contributed by atoms with Crippen LogP contribution in [-0.2, 0) is 17.8 Å². The highest BCUT2D eigenvalue weighted by Crippen LogP contribution is 2.15. The smallest absolute Gasteiger partial charge is 0.321 e. The molecule has 0 aliphatic rings. The molecule has 0 amide bonds. The van der Waals surface area contributed by atoms with E-state index in [1.807, 2.05) is 61.5 Å². The molecule has 0 saturated heterocycles. The van der Waals surface area contributed by atoms with Gasteiger partial charge in [-0.25, -0.2) is 0 Å². The number of ether oxygens (including phenoxy) is 1. The van der Waals surface area contributed by atoms with Crippen molar-refractivity contribution in [3.8, 4) is 5.75 Å². The minimum atomic E-state index is -0.828. The van der Waals surface area contributed by atoms with Crippen molar-refractivity contribution in [1.82, 2.24) is 5.32 Å². The van der Waals surface area contributed by atoms with E-state index in [-0.39, 0.29) is 0 Å². The fraction of sp³-hybridized carbons (Fsp3) is 0.278. The Morgan fingerprint density at radius 2 is 1.77 bits per heavy atom. The zero-order valence-corrected chi connectivity index (χ0v) is 12.7. The van der Waals surface area contributed by atoms with Gasteiger partial charge in [0.25, 0.3) is 0 Å². The van der Waals surface area contributed by atoms with Crippen LogP contribution in [0.1, 0.15) is 18.1 Å². The molecule has 2 N–H and O–H groups in total.